The molecule has 2 aromatic rings. The van der Waals surface area contributed by atoms with E-state index in [0.29, 0.717) is 6.54 Å². The molecule has 1 N–H and O–H groups in total. The molecule has 1 heterocycles. The predicted molar refractivity (Wildman–Crippen MR) is 56.8 cm³/mol. The summed E-state index contributed by atoms with van der Waals surface area (Å²) < 4.78 is 0. The number of nitrogens with zero attached hydrogens (tertiary/aromatic N) is 1. The fourth-order valence-corrected chi connectivity index (χ4v) is 2.14. The summed E-state index contributed by atoms with van der Waals surface area (Å²) in [5, 5.41) is 13.4. The highest BCUT2D eigenvalue weighted by molar-refractivity contribution is 5.96. The maximum atomic E-state index is 9.71. The van der Waals surface area contributed by atoms with Gasteiger partial charge in [0.1, 0.15) is 0 Å². The van der Waals surface area contributed by atoms with Gasteiger partial charge in [-0.05, 0) is 17.4 Å². The molecule has 14 heavy (non-hydrogen) atoms. The predicted octanol–water partition coefficient (Wildman–Crippen LogP) is 2.59. The van der Waals surface area contributed by atoms with Crippen LogP contribution in [-0.2, 0) is 6.42 Å². The summed E-state index contributed by atoms with van der Waals surface area (Å²) in [5.41, 5.74) is 2.23. The Hall–Kier alpha value is -1.54. The number of fused-ring (bicyclic) bond motifs is 3. The van der Waals surface area contributed by atoms with Gasteiger partial charge in [-0.3, -0.25) is 10.3 Å². The Bertz CT molecular complexity index is 493. The first-order valence-corrected chi connectivity index (χ1v) is 4.83. The van der Waals surface area contributed by atoms with E-state index in [2.05, 4.69) is 24.3 Å². The van der Waals surface area contributed by atoms with Crippen molar-refractivity contribution in [3.63, 3.8) is 0 Å². The monoisotopic (exact) mass is 185 g/mol. The van der Waals surface area contributed by atoms with Crippen molar-refractivity contribution in [3.8, 4) is 0 Å². The molecule has 0 aromatic heterocycles. The first-order valence-electron chi connectivity index (χ1n) is 4.83. The lowest BCUT2D eigenvalue weighted by Crippen LogP contribution is -2.13. The molecule has 0 amide bonds. The van der Waals surface area contributed by atoms with Gasteiger partial charge in [0, 0.05) is 11.9 Å². The molecule has 0 aliphatic carbocycles. The van der Waals surface area contributed by atoms with E-state index in [0.717, 1.165) is 17.5 Å². The molecule has 0 fully saturated rings. The minimum Gasteiger partial charge on any atom is -0.288 e. The summed E-state index contributed by atoms with van der Waals surface area (Å²) in [6.45, 7) is 0.712. The lowest BCUT2D eigenvalue weighted by molar-refractivity contribution is 0.265. The smallest absolute Gasteiger partial charge is 0.0745 e. The molecule has 3 rings (SSSR count). The van der Waals surface area contributed by atoms with Gasteiger partial charge in [0.25, 0.3) is 0 Å². The van der Waals surface area contributed by atoms with Crippen LogP contribution in [0, 0.1) is 0 Å². The summed E-state index contributed by atoms with van der Waals surface area (Å²) in [6.07, 6.45) is 0.941. The Morgan fingerprint density at radius 2 is 1.93 bits per heavy atom. The third kappa shape index (κ3) is 0.946. The normalized spacial score (nSPS) is 14.8. The van der Waals surface area contributed by atoms with Crippen molar-refractivity contribution < 1.29 is 5.21 Å². The van der Waals surface area contributed by atoms with Crippen molar-refractivity contribution in [2.24, 2.45) is 0 Å². The van der Waals surface area contributed by atoms with E-state index >= 15 is 0 Å². The van der Waals surface area contributed by atoms with Gasteiger partial charge in [-0.25, -0.2) is 0 Å². The highest BCUT2D eigenvalue weighted by Crippen LogP contribution is 2.34. The summed E-state index contributed by atoms with van der Waals surface area (Å²) in [6, 6.07) is 12.4. The third-order valence-corrected chi connectivity index (χ3v) is 2.84. The fourth-order valence-electron chi connectivity index (χ4n) is 2.14. The van der Waals surface area contributed by atoms with Crippen LogP contribution in [0.25, 0.3) is 10.8 Å². The summed E-state index contributed by atoms with van der Waals surface area (Å²) in [4.78, 5) is 0. The van der Waals surface area contributed by atoms with Gasteiger partial charge in [0.2, 0.25) is 0 Å². The van der Waals surface area contributed by atoms with E-state index in [1.54, 1.807) is 0 Å². The van der Waals surface area contributed by atoms with Crippen LogP contribution < -0.4 is 5.06 Å². The molecule has 2 aromatic carbocycles. The van der Waals surface area contributed by atoms with E-state index in [4.69, 9.17) is 0 Å². The first-order chi connectivity index (χ1) is 6.86. The van der Waals surface area contributed by atoms with Crippen molar-refractivity contribution >= 4 is 16.5 Å². The molecular formula is C12H11NO. The van der Waals surface area contributed by atoms with Gasteiger partial charge >= 0.3 is 0 Å². The van der Waals surface area contributed by atoms with Crippen LogP contribution in [0.5, 0.6) is 0 Å². The number of anilines is 1. The largest absolute Gasteiger partial charge is 0.288 e. The number of benzene rings is 2. The van der Waals surface area contributed by atoms with Gasteiger partial charge in [-0.1, -0.05) is 36.4 Å². The Kier molecular flexibility index (Phi) is 1.52. The number of hydrogen-bond donors (Lipinski definition) is 1. The molecule has 0 spiro atoms. The average Bonchev–Trinajstić information content (AvgIpc) is 2.61. The van der Waals surface area contributed by atoms with Crippen LogP contribution in [-0.4, -0.2) is 11.8 Å². The Labute approximate surface area is 82.3 Å². The molecule has 2 nitrogen and oxygen atoms in total. The second-order valence-corrected chi connectivity index (χ2v) is 3.67. The van der Waals surface area contributed by atoms with E-state index in [1.165, 1.54) is 16.0 Å². The Balaban J connectivity index is 2.41. The van der Waals surface area contributed by atoms with Crippen molar-refractivity contribution in [2.75, 3.05) is 11.6 Å². The van der Waals surface area contributed by atoms with Gasteiger partial charge in [0.15, 0.2) is 0 Å². The Morgan fingerprint density at radius 3 is 2.86 bits per heavy atom. The van der Waals surface area contributed by atoms with Gasteiger partial charge in [0.05, 0.1) is 5.69 Å². The molecule has 0 saturated carbocycles. The lowest BCUT2D eigenvalue weighted by Gasteiger charge is -2.12. The van der Waals surface area contributed by atoms with E-state index in [-0.39, 0.29) is 0 Å². The minimum absolute atomic E-state index is 0.712. The van der Waals surface area contributed by atoms with E-state index in [1.807, 2.05) is 12.1 Å². The molecule has 0 atom stereocenters. The van der Waals surface area contributed by atoms with Crippen LogP contribution in [0.3, 0.4) is 0 Å². The zero-order valence-corrected chi connectivity index (χ0v) is 7.77. The van der Waals surface area contributed by atoms with E-state index < -0.39 is 0 Å². The van der Waals surface area contributed by atoms with Crippen molar-refractivity contribution in [2.45, 2.75) is 6.42 Å². The van der Waals surface area contributed by atoms with Crippen LogP contribution in [0.15, 0.2) is 36.4 Å². The number of hydrogen-bond acceptors (Lipinski definition) is 2. The standard InChI is InChI=1S/C12H11NO/c14-13-8-7-10-6-5-9-3-1-2-4-11(9)12(10)13/h1-6,14H,7-8H2. The van der Waals surface area contributed by atoms with Gasteiger partial charge < -0.3 is 0 Å². The zero-order valence-electron chi connectivity index (χ0n) is 7.77. The quantitative estimate of drug-likeness (QED) is 0.682. The molecule has 0 bridgehead atoms. The van der Waals surface area contributed by atoms with Gasteiger partial charge in [-0.15, -0.1) is 0 Å². The molecule has 2 heteroatoms. The molecule has 0 unspecified atom stereocenters. The average molecular weight is 185 g/mol. The van der Waals surface area contributed by atoms with Crippen LogP contribution >= 0.6 is 0 Å². The SMILES string of the molecule is ON1CCc2ccc3ccccc3c21. The lowest BCUT2D eigenvalue weighted by atomic mass is 10.0. The topological polar surface area (TPSA) is 23.5 Å². The summed E-state index contributed by atoms with van der Waals surface area (Å²) >= 11 is 0. The maximum Gasteiger partial charge on any atom is 0.0745 e. The summed E-state index contributed by atoms with van der Waals surface area (Å²) in [7, 11) is 0. The van der Waals surface area contributed by atoms with Gasteiger partial charge in [-0.2, -0.15) is 0 Å². The van der Waals surface area contributed by atoms with Crippen molar-refractivity contribution in [3.05, 3.63) is 42.0 Å². The molecule has 1 aliphatic rings. The van der Waals surface area contributed by atoms with Crippen molar-refractivity contribution in [1.29, 1.82) is 0 Å². The fraction of sp³-hybridized carbons (Fsp3) is 0.167. The number of hydroxylamine groups is 1. The second-order valence-electron chi connectivity index (χ2n) is 3.67. The summed E-state index contributed by atoms with van der Waals surface area (Å²) in [5.74, 6) is 0. The van der Waals surface area contributed by atoms with Crippen LogP contribution in [0.2, 0.25) is 0 Å². The van der Waals surface area contributed by atoms with Crippen molar-refractivity contribution in [1.82, 2.24) is 0 Å². The third-order valence-electron chi connectivity index (χ3n) is 2.84. The van der Waals surface area contributed by atoms with Crippen LogP contribution in [0.1, 0.15) is 5.56 Å². The zero-order chi connectivity index (χ0) is 9.54. The highest BCUT2D eigenvalue weighted by atomic mass is 16.5. The Morgan fingerprint density at radius 1 is 1.07 bits per heavy atom. The maximum absolute atomic E-state index is 9.71. The highest BCUT2D eigenvalue weighted by Gasteiger charge is 2.19. The molecule has 70 valence electrons. The van der Waals surface area contributed by atoms with E-state index in [9.17, 15) is 5.21 Å². The molecule has 1 aliphatic heterocycles. The minimum atomic E-state index is 0.712. The van der Waals surface area contributed by atoms with Crippen LogP contribution in [0.4, 0.5) is 5.69 Å². The molecule has 0 saturated heterocycles. The second kappa shape index (κ2) is 2.72. The molecule has 0 radical (unpaired) electrons. The first kappa shape index (κ1) is 7.83. The molecular weight excluding hydrogens is 174 g/mol. The number of rotatable bonds is 0.